The fraction of sp³-hybridized carbons (Fsp3) is 0.278. The smallest absolute Gasteiger partial charge is 0.226 e. The van der Waals surface area contributed by atoms with Crippen molar-refractivity contribution in [2.45, 2.75) is 25.6 Å². The molecule has 0 aliphatic heterocycles. The number of nitrogens with one attached hydrogen (secondary N) is 1. The summed E-state index contributed by atoms with van der Waals surface area (Å²) >= 11 is 0. The highest BCUT2D eigenvalue weighted by Crippen LogP contribution is 1.98. The van der Waals surface area contributed by atoms with Crippen LogP contribution in [0.25, 0.3) is 0 Å². The van der Waals surface area contributed by atoms with E-state index < -0.39 is 0 Å². The maximum Gasteiger partial charge on any atom is 0.226 e. The van der Waals surface area contributed by atoms with Crippen LogP contribution < -0.4 is 10.6 Å². The number of carbonyl (C=O) groups excluding carboxylic acids is 1. The Hall–Kier alpha value is -2.17. The third-order valence-electron chi connectivity index (χ3n) is 3.54. The van der Waals surface area contributed by atoms with Crippen LogP contribution >= 0.6 is 0 Å². The minimum absolute atomic E-state index is 0.00834. The molecule has 0 spiro atoms. The van der Waals surface area contributed by atoms with Gasteiger partial charge >= 0.3 is 0 Å². The maximum atomic E-state index is 12.0. The molecular weight excluding hydrogens is 276 g/mol. The quantitative estimate of drug-likeness (QED) is 0.675. The van der Waals surface area contributed by atoms with Gasteiger partial charge < -0.3 is 15.7 Å². The highest BCUT2D eigenvalue weighted by Gasteiger charge is 2.15. The number of aliphatic hydroxyl groups excluding tert-OH is 1. The third kappa shape index (κ3) is 5.68. The largest absolute Gasteiger partial charge is 0.390 e. The van der Waals surface area contributed by atoms with Crippen LogP contribution in [0.1, 0.15) is 17.5 Å². The minimum Gasteiger partial charge on any atom is -0.390 e. The fourth-order valence-corrected chi connectivity index (χ4v) is 2.25. The molecule has 0 radical (unpaired) electrons. The summed E-state index contributed by atoms with van der Waals surface area (Å²) in [6.07, 6.45) is 0.316. The number of benzene rings is 2. The summed E-state index contributed by atoms with van der Waals surface area (Å²) in [5.74, 6) is -0.0350. The monoisotopic (exact) mass is 299 g/mol. The van der Waals surface area contributed by atoms with Crippen molar-refractivity contribution in [1.29, 1.82) is 0 Å². The highest BCUT2D eigenvalue weighted by molar-refractivity contribution is 5.76. The van der Waals surface area contributed by atoms with E-state index in [2.05, 4.69) is 5.32 Å². The lowest BCUT2D eigenvalue weighted by molar-refractivity contribution is -0.705. The lowest BCUT2D eigenvalue weighted by Gasteiger charge is -2.13. The van der Waals surface area contributed by atoms with Crippen LogP contribution in [0.5, 0.6) is 0 Å². The summed E-state index contributed by atoms with van der Waals surface area (Å²) in [5, 5.41) is 14.3. The SMILES string of the molecule is O=C(C[C@@H](CO)[NH2+]Cc1ccccc1)NCc1ccccc1. The molecule has 2 aromatic carbocycles. The van der Waals surface area contributed by atoms with E-state index in [0.717, 1.165) is 12.1 Å². The normalized spacial score (nSPS) is 11.9. The second-order valence-corrected chi connectivity index (χ2v) is 5.33. The first kappa shape index (κ1) is 16.2. The molecule has 1 amide bonds. The molecule has 4 heteroatoms. The molecule has 0 fully saturated rings. The van der Waals surface area contributed by atoms with Crippen molar-refractivity contribution in [3.63, 3.8) is 0 Å². The molecule has 0 bridgehead atoms. The number of amides is 1. The van der Waals surface area contributed by atoms with Crippen molar-refractivity contribution in [2.24, 2.45) is 0 Å². The van der Waals surface area contributed by atoms with Gasteiger partial charge in [-0.25, -0.2) is 0 Å². The van der Waals surface area contributed by atoms with Gasteiger partial charge in [-0.3, -0.25) is 4.79 Å². The van der Waals surface area contributed by atoms with Crippen LogP contribution in [0.3, 0.4) is 0 Å². The number of rotatable bonds is 8. The van der Waals surface area contributed by atoms with Crippen LogP contribution in [0, 0.1) is 0 Å². The maximum absolute atomic E-state index is 12.0. The summed E-state index contributed by atoms with van der Waals surface area (Å²) in [6.45, 7) is 1.28. The van der Waals surface area contributed by atoms with Gasteiger partial charge in [0.05, 0.1) is 13.0 Å². The Bertz CT molecular complexity index is 558. The van der Waals surface area contributed by atoms with E-state index in [1.54, 1.807) is 0 Å². The molecule has 22 heavy (non-hydrogen) atoms. The van der Waals surface area contributed by atoms with Gasteiger partial charge in [-0.1, -0.05) is 60.7 Å². The van der Waals surface area contributed by atoms with Crippen LogP contribution in [-0.4, -0.2) is 23.7 Å². The Kier molecular flexibility index (Phi) is 6.61. The second-order valence-electron chi connectivity index (χ2n) is 5.33. The van der Waals surface area contributed by atoms with Gasteiger partial charge in [-0.2, -0.15) is 0 Å². The molecular formula is C18H23N2O2+. The topological polar surface area (TPSA) is 65.9 Å². The molecule has 0 saturated heterocycles. The van der Waals surface area contributed by atoms with Crippen molar-refractivity contribution in [3.05, 3.63) is 71.8 Å². The van der Waals surface area contributed by atoms with Crippen molar-refractivity contribution >= 4 is 5.91 Å². The summed E-state index contributed by atoms with van der Waals surface area (Å²) < 4.78 is 0. The predicted octanol–water partition coefficient (Wildman–Crippen LogP) is 0.817. The predicted molar refractivity (Wildman–Crippen MR) is 85.9 cm³/mol. The van der Waals surface area contributed by atoms with Crippen LogP contribution in [-0.2, 0) is 17.9 Å². The number of hydrogen-bond acceptors (Lipinski definition) is 2. The number of quaternary nitrogens is 1. The van der Waals surface area contributed by atoms with Gasteiger partial charge in [0.1, 0.15) is 12.6 Å². The van der Waals surface area contributed by atoms with Crippen LogP contribution in [0.2, 0.25) is 0 Å². The van der Waals surface area contributed by atoms with Gasteiger partial charge in [-0.05, 0) is 5.56 Å². The Balaban J connectivity index is 1.73. The zero-order chi connectivity index (χ0) is 15.6. The van der Waals surface area contributed by atoms with Crippen molar-refractivity contribution < 1.29 is 15.2 Å². The van der Waals surface area contributed by atoms with Crippen molar-refractivity contribution in [2.75, 3.05) is 6.61 Å². The third-order valence-corrected chi connectivity index (χ3v) is 3.54. The van der Waals surface area contributed by atoms with Gasteiger partial charge in [0.25, 0.3) is 0 Å². The molecule has 4 N–H and O–H groups in total. The molecule has 4 nitrogen and oxygen atoms in total. The van der Waals surface area contributed by atoms with Gasteiger partial charge in [0.2, 0.25) is 5.91 Å². The van der Waals surface area contributed by atoms with E-state index in [4.69, 9.17) is 0 Å². The first-order valence-electron chi connectivity index (χ1n) is 7.56. The average Bonchev–Trinajstić information content (AvgIpc) is 2.58. The van der Waals surface area contributed by atoms with Gasteiger partial charge in [0.15, 0.2) is 0 Å². The average molecular weight is 299 g/mol. The molecule has 2 aromatic rings. The number of hydrogen-bond donors (Lipinski definition) is 3. The second kappa shape index (κ2) is 8.97. The van der Waals surface area contributed by atoms with Crippen LogP contribution in [0.15, 0.2) is 60.7 Å². The number of nitrogens with two attached hydrogens (primary N) is 1. The molecule has 0 aliphatic rings. The fourth-order valence-electron chi connectivity index (χ4n) is 2.25. The van der Waals surface area contributed by atoms with E-state index in [0.29, 0.717) is 13.0 Å². The van der Waals surface area contributed by atoms with E-state index in [1.165, 1.54) is 5.56 Å². The summed E-state index contributed by atoms with van der Waals surface area (Å²) in [4.78, 5) is 12.0. The van der Waals surface area contributed by atoms with Crippen molar-refractivity contribution in [1.82, 2.24) is 5.32 Å². The van der Waals surface area contributed by atoms with E-state index >= 15 is 0 Å². The molecule has 0 unspecified atom stereocenters. The summed E-state index contributed by atoms with van der Waals surface area (Å²) in [7, 11) is 0. The molecule has 116 valence electrons. The molecule has 0 heterocycles. The summed E-state index contributed by atoms with van der Waals surface area (Å²) in [6, 6.07) is 19.7. The van der Waals surface area contributed by atoms with E-state index in [-0.39, 0.29) is 18.6 Å². The number of aliphatic hydroxyl groups is 1. The minimum atomic E-state index is -0.115. The Morgan fingerprint density at radius 3 is 2.18 bits per heavy atom. The first-order valence-corrected chi connectivity index (χ1v) is 7.56. The highest BCUT2D eigenvalue weighted by atomic mass is 16.3. The first-order chi connectivity index (χ1) is 10.8. The lowest BCUT2D eigenvalue weighted by Crippen LogP contribution is -2.89. The molecule has 0 aromatic heterocycles. The van der Waals surface area contributed by atoms with Crippen molar-refractivity contribution in [3.8, 4) is 0 Å². The molecule has 1 atom stereocenters. The summed E-state index contributed by atoms with van der Waals surface area (Å²) in [5.41, 5.74) is 2.26. The zero-order valence-electron chi connectivity index (χ0n) is 12.6. The Morgan fingerprint density at radius 1 is 1.00 bits per heavy atom. The standard InChI is InChI=1S/C18H22N2O2/c21-14-17(19-12-15-7-3-1-4-8-15)11-18(22)20-13-16-9-5-2-6-10-16/h1-10,17,19,21H,11-14H2,(H,20,22)/p+1/t17-/m0/s1. The Labute approximate surface area is 131 Å². The van der Waals surface area contributed by atoms with Crippen LogP contribution in [0.4, 0.5) is 0 Å². The lowest BCUT2D eigenvalue weighted by atomic mass is 10.1. The number of carbonyl (C=O) groups is 1. The zero-order valence-corrected chi connectivity index (χ0v) is 12.6. The van der Waals surface area contributed by atoms with E-state index in [1.807, 2.05) is 66.0 Å². The van der Waals surface area contributed by atoms with Gasteiger partial charge in [0, 0.05) is 12.1 Å². The molecule has 2 rings (SSSR count). The Morgan fingerprint density at radius 2 is 1.59 bits per heavy atom. The van der Waals surface area contributed by atoms with E-state index in [9.17, 15) is 9.90 Å². The molecule has 0 saturated carbocycles. The molecule has 0 aliphatic carbocycles. The van der Waals surface area contributed by atoms with Gasteiger partial charge in [-0.15, -0.1) is 0 Å².